The molecule has 35 heavy (non-hydrogen) atoms. The van der Waals surface area contributed by atoms with E-state index in [-0.39, 0.29) is 21.3 Å². The zero-order chi connectivity index (χ0) is 25.5. The second kappa shape index (κ2) is 9.43. The highest BCUT2D eigenvalue weighted by Gasteiger charge is 2.42. The van der Waals surface area contributed by atoms with E-state index in [2.05, 4.69) is 5.32 Å². The minimum Gasteiger partial charge on any atom is -0.350 e. The Morgan fingerprint density at radius 1 is 0.857 bits per heavy atom. The largest absolute Gasteiger partial charge is 0.416 e. The van der Waals surface area contributed by atoms with Gasteiger partial charge in [-0.1, -0.05) is 47.1 Å². The number of carbonyl (C=O) groups excluding carboxylic acids is 2. The van der Waals surface area contributed by atoms with Crippen LogP contribution in [-0.2, 0) is 15.8 Å². The van der Waals surface area contributed by atoms with Crippen molar-refractivity contribution in [2.45, 2.75) is 31.8 Å². The molecular formula is C26H20ClF3N2O2S. The van der Waals surface area contributed by atoms with Gasteiger partial charge in [-0.3, -0.25) is 9.59 Å². The first-order valence-electron chi connectivity index (χ1n) is 10.5. The first-order valence-corrected chi connectivity index (χ1v) is 11.7. The van der Waals surface area contributed by atoms with E-state index in [0.29, 0.717) is 21.5 Å². The molecule has 0 spiro atoms. The van der Waals surface area contributed by atoms with Crippen LogP contribution < -0.4 is 10.2 Å². The molecule has 0 aliphatic carbocycles. The van der Waals surface area contributed by atoms with Crippen LogP contribution in [0.15, 0.2) is 76.2 Å². The zero-order valence-corrected chi connectivity index (χ0v) is 20.5. The Hall–Kier alpha value is -3.23. The SMILES string of the molecule is Cc1ccc(SC2=C(Nc3ccc(C)c(C)c3)C(=O)N(c3cc(C(F)(F)F)ccc3Cl)C2=O)cc1. The van der Waals surface area contributed by atoms with Crippen LogP contribution in [0.1, 0.15) is 22.3 Å². The molecule has 0 bridgehead atoms. The molecule has 4 rings (SSSR count). The van der Waals surface area contributed by atoms with Crippen LogP contribution in [0.4, 0.5) is 24.5 Å². The number of halogens is 4. The van der Waals surface area contributed by atoms with Crippen molar-refractivity contribution in [2.24, 2.45) is 0 Å². The highest BCUT2D eigenvalue weighted by atomic mass is 35.5. The van der Waals surface area contributed by atoms with Crippen LogP contribution in [0.2, 0.25) is 5.02 Å². The minimum atomic E-state index is -4.67. The number of carbonyl (C=O) groups is 2. The number of amides is 2. The van der Waals surface area contributed by atoms with Gasteiger partial charge in [-0.2, -0.15) is 13.2 Å². The lowest BCUT2D eigenvalue weighted by molar-refractivity contribution is -0.137. The molecule has 0 fully saturated rings. The van der Waals surface area contributed by atoms with Gasteiger partial charge in [0, 0.05) is 10.6 Å². The summed E-state index contributed by atoms with van der Waals surface area (Å²) in [5, 5.41) is 2.87. The number of benzene rings is 3. The molecule has 9 heteroatoms. The maximum atomic E-state index is 13.5. The summed E-state index contributed by atoms with van der Waals surface area (Å²) in [5.74, 6) is -1.54. The molecule has 1 heterocycles. The van der Waals surface area contributed by atoms with E-state index >= 15 is 0 Å². The first kappa shape index (κ1) is 24.9. The summed E-state index contributed by atoms with van der Waals surface area (Å²) in [7, 11) is 0. The van der Waals surface area contributed by atoms with Crippen molar-refractivity contribution in [2.75, 3.05) is 10.2 Å². The molecule has 180 valence electrons. The predicted molar refractivity (Wildman–Crippen MR) is 133 cm³/mol. The lowest BCUT2D eigenvalue weighted by Crippen LogP contribution is -2.33. The minimum absolute atomic E-state index is 0.0303. The highest BCUT2D eigenvalue weighted by Crippen LogP contribution is 2.42. The molecule has 3 aromatic rings. The summed E-state index contributed by atoms with van der Waals surface area (Å²) in [4.78, 5) is 28.4. The highest BCUT2D eigenvalue weighted by molar-refractivity contribution is 8.04. The van der Waals surface area contributed by atoms with Gasteiger partial charge in [0.15, 0.2) is 0 Å². The summed E-state index contributed by atoms with van der Waals surface area (Å²) in [5.41, 5.74) is 2.24. The van der Waals surface area contributed by atoms with E-state index in [1.165, 1.54) is 0 Å². The van der Waals surface area contributed by atoms with Crippen LogP contribution in [0, 0.1) is 20.8 Å². The predicted octanol–water partition coefficient (Wildman–Crippen LogP) is 7.27. The maximum Gasteiger partial charge on any atom is 0.416 e. The molecule has 0 atom stereocenters. The number of rotatable bonds is 5. The van der Waals surface area contributed by atoms with Crippen molar-refractivity contribution in [3.05, 3.63) is 98.5 Å². The van der Waals surface area contributed by atoms with Crippen molar-refractivity contribution in [1.29, 1.82) is 0 Å². The third kappa shape index (κ3) is 5.09. The van der Waals surface area contributed by atoms with Crippen LogP contribution in [0.3, 0.4) is 0 Å². The van der Waals surface area contributed by atoms with Gasteiger partial charge in [0.05, 0.1) is 16.3 Å². The van der Waals surface area contributed by atoms with Crippen molar-refractivity contribution in [1.82, 2.24) is 0 Å². The molecule has 1 N–H and O–H groups in total. The molecule has 4 nitrogen and oxygen atoms in total. The van der Waals surface area contributed by atoms with Gasteiger partial charge in [0.1, 0.15) is 10.6 Å². The summed E-state index contributed by atoms with van der Waals surface area (Å²) in [6.07, 6.45) is -4.67. The van der Waals surface area contributed by atoms with E-state index in [1.54, 1.807) is 18.2 Å². The molecular weight excluding hydrogens is 497 g/mol. The first-order chi connectivity index (χ1) is 16.5. The Kier molecular flexibility index (Phi) is 6.71. The maximum absolute atomic E-state index is 13.5. The molecule has 0 unspecified atom stereocenters. The number of aryl methyl sites for hydroxylation is 3. The lowest BCUT2D eigenvalue weighted by atomic mass is 10.1. The second-order valence-corrected chi connectivity index (χ2v) is 9.64. The van der Waals surface area contributed by atoms with Crippen LogP contribution in [0.5, 0.6) is 0 Å². The van der Waals surface area contributed by atoms with Crippen LogP contribution in [-0.4, -0.2) is 11.8 Å². The fourth-order valence-corrected chi connectivity index (χ4v) is 4.61. The molecule has 2 amide bonds. The summed E-state index contributed by atoms with van der Waals surface area (Å²) >= 11 is 7.23. The molecule has 3 aromatic carbocycles. The fraction of sp³-hybridized carbons (Fsp3) is 0.154. The number of nitrogens with one attached hydrogen (secondary N) is 1. The molecule has 0 saturated heterocycles. The average molecular weight is 517 g/mol. The monoisotopic (exact) mass is 516 g/mol. The average Bonchev–Trinajstić information content (AvgIpc) is 3.01. The Morgan fingerprint density at radius 3 is 2.17 bits per heavy atom. The van der Waals surface area contributed by atoms with Gasteiger partial charge in [0.25, 0.3) is 11.8 Å². The van der Waals surface area contributed by atoms with Gasteiger partial charge in [0.2, 0.25) is 0 Å². The normalized spacial score (nSPS) is 14.2. The van der Waals surface area contributed by atoms with Crippen molar-refractivity contribution in [3.63, 3.8) is 0 Å². The lowest BCUT2D eigenvalue weighted by Gasteiger charge is -2.18. The molecule has 1 aliphatic heterocycles. The number of anilines is 2. The number of imide groups is 1. The molecule has 1 aliphatic rings. The van der Waals surface area contributed by atoms with Crippen molar-refractivity contribution >= 4 is 46.6 Å². The Balaban J connectivity index is 1.79. The van der Waals surface area contributed by atoms with Gasteiger partial charge < -0.3 is 5.32 Å². The van der Waals surface area contributed by atoms with Gasteiger partial charge in [-0.15, -0.1) is 0 Å². The smallest absolute Gasteiger partial charge is 0.350 e. The van der Waals surface area contributed by atoms with E-state index in [9.17, 15) is 22.8 Å². The number of hydrogen-bond acceptors (Lipinski definition) is 4. The Labute approximate surface area is 209 Å². The fourth-order valence-electron chi connectivity index (χ4n) is 3.48. The topological polar surface area (TPSA) is 49.4 Å². The number of thioether (sulfide) groups is 1. The van der Waals surface area contributed by atoms with E-state index < -0.39 is 23.6 Å². The van der Waals surface area contributed by atoms with Gasteiger partial charge in [-0.25, -0.2) is 4.90 Å². The Bertz CT molecular complexity index is 1370. The summed E-state index contributed by atoms with van der Waals surface area (Å²) in [6.45, 7) is 5.77. The number of hydrogen-bond donors (Lipinski definition) is 1. The van der Waals surface area contributed by atoms with Crippen LogP contribution >= 0.6 is 23.4 Å². The second-order valence-electron chi connectivity index (χ2n) is 8.15. The third-order valence-corrected chi connectivity index (χ3v) is 6.98. The number of nitrogens with zero attached hydrogens (tertiary/aromatic N) is 1. The zero-order valence-electron chi connectivity index (χ0n) is 19.0. The van der Waals surface area contributed by atoms with Crippen molar-refractivity contribution in [3.8, 4) is 0 Å². The Morgan fingerprint density at radius 2 is 1.54 bits per heavy atom. The summed E-state index contributed by atoms with van der Waals surface area (Å²) < 4.78 is 40.1. The number of alkyl halides is 3. The van der Waals surface area contributed by atoms with E-state index in [1.807, 2.05) is 45.0 Å². The van der Waals surface area contributed by atoms with Gasteiger partial charge >= 0.3 is 6.18 Å². The summed E-state index contributed by atoms with van der Waals surface area (Å²) in [6, 6.07) is 15.3. The molecule has 0 saturated carbocycles. The van der Waals surface area contributed by atoms with Gasteiger partial charge in [-0.05, 0) is 74.4 Å². The van der Waals surface area contributed by atoms with E-state index in [4.69, 9.17) is 11.6 Å². The molecule has 0 radical (unpaired) electrons. The third-order valence-electron chi connectivity index (χ3n) is 5.57. The standard InChI is InChI=1S/C26H20ClF3N2O2S/c1-14-4-9-19(10-5-14)35-23-22(31-18-8-6-15(2)16(3)12-18)24(33)32(25(23)34)21-13-17(26(28,29)30)7-11-20(21)27/h4-13,31H,1-3H3. The molecule has 0 aromatic heterocycles. The quantitative estimate of drug-likeness (QED) is 0.362. The van der Waals surface area contributed by atoms with E-state index in [0.717, 1.165) is 40.6 Å². The van der Waals surface area contributed by atoms with Crippen LogP contribution in [0.25, 0.3) is 0 Å². The van der Waals surface area contributed by atoms with Crippen molar-refractivity contribution < 1.29 is 22.8 Å².